The molecule has 0 amide bonds. The van der Waals surface area contributed by atoms with Crippen LogP contribution < -0.4 is 0 Å². The van der Waals surface area contributed by atoms with Gasteiger partial charge in [-0.1, -0.05) is 6.92 Å². The number of aryl methyl sites for hydroxylation is 1. The van der Waals surface area contributed by atoms with Crippen LogP contribution in [0.4, 0.5) is 0 Å². The molecule has 1 aromatic heterocycles. The molecule has 2 nitrogen and oxygen atoms in total. The number of H-pyrrole nitrogens is 1. The van der Waals surface area contributed by atoms with Crippen LogP contribution in [-0.2, 0) is 12.2 Å². The summed E-state index contributed by atoms with van der Waals surface area (Å²) >= 11 is 4.07. The van der Waals surface area contributed by atoms with E-state index in [9.17, 15) is 0 Å². The van der Waals surface area contributed by atoms with Gasteiger partial charge in [-0.3, -0.25) is 0 Å². The predicted molar refractivity (Wildman–Crippen MR) is 40.7 cm³/mol. The number of hydrogen-bond acceptors (Lipinski definition) is 2. The van der Waals surface area contributed by atoms with Gasteiger partial charge in [-0.25, -0.2) is 4.98 Å². The molecule has 50 valence electrons. The van der Waals surface area contributed by atoms with E-state index in [1.807, 2.05) is 6.20 Å². The maximum atomic E-state index is 4.07. The zero-order chi connectivity index (χ0) is 6.69. The third-order valence-electron chi connectivity index (χ3n) is 1.21. The largest absolute Gasteiger partial charge is 0.345 e. The number of hydrogen-bond donors (Lipinski definition) is 2. The van der Waals surface area contributed by atoms with Crippen molar-refractivity contribution in [2.45, 2.75) is 19.1 Å². The zero-order valence-corrected chi connectivity index (χ0v) is 6.28. The molecular weight excluding hydrogens is 132 g/mol. The lowest BCUT2D eigenvalue weighted by Gasteiger charge is -1.85. The second-order valence-corrected chi connectivity index (χ2v) is 2.18. The maximum Gasteiger partial charge on any atom is 0.115 e. The molecule has 1 rings (SSSR count). The van der Waals surface area contributed by atoms with E-state index in [-0.39, 0.29) is 0 Å². The van der Waals surface area contributed by atoms with Gasteiger partial charge in [-0.05, 0) is 6.42 Å². The minimum atomic E-state index is 0.694. The summed E-state index contributed by atoms with van der Waals surface area (Å²) in [6.45, 7) is 2.09. The molecule has 0 aromatic carbocycles. The SMILES string of the molecule is CCc1cnc(CS)[nH]1. The summed E-state index contributed by atoms with van der Waals surface area (Å²) in [6.07, 6.45) is 2.87. The van der Waals surface area contributed by atoms with Crippen molar-refractivity contribution in [3.8, 4) is 0 Å². The minimum absolute atomic E-state index is 0.694. The number of thiol groups is 1. The third kappa shape index (κ3) is 1.48. The van der Waals surface area contributed by atoms with Crippen molar-refractivity contribution in [1.29, 1.82) is 0 Å². The van der Waals surface area contributed by atoms with Crippen LogP contribution in [0, 0.1) is 0 Å². The van der Waals surface area contributed by atoms with Gasteiger partial charge in [0.1, 0.15) is 5.82 Å². The Morgan fingerprint density at radius 1 is 1.78 bits per heavy atom. The van der Waals surface area contributed by atoms with E-state index in [0.717, 1.165) is 12.2 Å². The monoisotopic (exact) mass is 142 g/mol. The quantitative estimate of drug-likeness (QED) is 0.600. The normalized spacial score (nSPS) is 10.0. The van der Waals surface area contributed by atoms with Gasteiger partial charge >= 0.3 is 0 Å². The third-order valence-corrected chi connectivity index (χ3v) is 1.51. The van der Waals surface area contributed by atoms with Crippen molar-refractivity contribution < 1.29 is 0 Å². The van der Waals surface area contributed by atoms with Gasteiger partial charge in [0.15, 0.2) is 0 Å². The topological polar surface area (TPSA) is 28.7 Å². The zero-order valence-electron chi connectivity index (χ0n) is 5.39. The fraction of sp³-hybridized carbons (Fsp3) is 0.500. The molecule has 3 heteroatoms. The van der Waals surface area contributed by atoms with E-state index < -0.39 is 0 Å². The summed E-state index contributed by atoms with van der Waals surface area (Å²) in [7, 11) is 0. The molecule has 0 bridgehead atoms. The Labute approximate surface area is 60.1 Å². The van der Waals surface area contributed by atoms with Crippen molar-refractivity contribution in [2.75, 3.05) is 0 Å². The van der Waals surface area contributed by atoms with Crippen molar-refractivity contribution >= 4 is 12.6 Å². The molecule has 0 aliphatic rings. The van der Waals surface area contributed by atoms with Gasteiger partial charge in [0.2, 0.25) is 0 Å². The Morgan fingerprint density at radius 3 is 2.89 bits per heavy atom. The first-order valence-corrected chi connectivity index (χ1v) is 3.63. The van der Waals surface area contributed by atoms with E-state index in [2.05, 4.69) is 29.5 Å². The number of aromatic amines is 1. The first-order chi connectivity index (χ1) is 4.36. The maximum absolute atomic E-state index is 4.07. The highest BCUT2D eigenvalue weighted by molar-refractivity contribution is 7.79. The molecular formula is C6H10N2S. The van der Waals surface area contributed by atoms with Crippen LogP contribution in [-0.4, -0.2) is 9.97 Å². The predicted octanol–water partition coefficient (Wildman–Crippen LogP) is 1.40. The van der Waals surface area contributed by atoms with Crippen LogP contribution in [0.15, 0.2) is 6.20 Å². The van der Waals surface area contributed by atoms with Crippen LogP contribution in [0.2, 0.25) is 0 Å². The summed E-state index contributed by atoms with van der Waals surface area (Å²) < 4.78 is 0. The van der Waals surface area contributed by atoms with Gasteiger partial charge in [0.05, 0.1) is 0 Å². The highest BCUT2D eigenvalue weighted by Gasteiger charge is 1.93. The number of aromatic nitrogens is 2. The standard InChI is InChI=1S/C6H10N2S/c1-2-5-3-7-6(4-9)8-5/h3,9H,2,4H2,1H3,(H,7,8). The minimum Gasteiger partial charge on any atom is -0.345 e. The fourth-order valence-corrected chi connectivity index (χ4v) is 0.826. The Kier molecular flexibility index (Phi) is 2.16. The molecule has 9 heavy (non-hydrogen) atoms. The summed E-state index contributed by atoms with van der Waals surface area (Å²) in [6, 6.07) is 0. The molecule has 0 spiro atoms. The number of nitrogens with zero attached hydrogens (tertiary/aromatic N) is 1. The van der Waals surface area contributed by atoms with Crippen LogP contribution in [0.1, 0.15) is 18.4 Å². The highest BCUT2D eigenvalue weighted by atomic mass is 32.1. The fourth-order valence-electron chi connectivity index (χ4n) is 0.666. The van der Waals surface area contributed by atoms with Crippen molar-refractivity contribution in [2.24, 2.45) is 0 Å². The summed E-state index contributed by atoms with van der Waals surface area (Å²) in [5.41, 5.74) is 1.18. The van der Waals surface area contributed by atoms with E-state index in [0.29, 0.717) is 5.75 Å². The van der Waals surface area contributed by atoms with E-state index >= 15 is 0 Å². The van der Waals surface area contributed by atoms with Crippen molar-refractivity contribution in [1.82, 2.24) is 9.97 Å². The molecule has 0 saturated heterocycles. The first kappa shape index (κ1) is 6.68. The van der Waals surface area contributed by atoms with E-state index in [1.54, 1.807) is 0 Å². The number of rotatable bonds is 2. The Bertz CT molecular complexity index is 164. The van der Waals surface area contributed by atoms with Gasteiger partial charge in [-0.2, -0.15) is 12.6 Å². The molecule has 0 fully saturated rings. The average molecular weight is 142 g/mol. The number of imidazole rings is 1. The summed E-state index contributed by atoms with van der Waals surface area (Å²) in [5.74, 6) is 1.65. The molecule has 0 radical (unpaired) electrons. The smallest absolute Gasteiger partial charge is 0.115 e. The highest BCUT2D eigenvalue weighted by Crippen LogP contribution is 1.99. The summed E-state index contributed by atoms with van der Waals surface area (Å²) in [5, 5.41) is 0. The molecule has 0 aliphatic heterocycles. The van der Waals surface area contributed by atoms with Gasteiger partial charge in [0, 0.05) is 17.6 Å². The van der Waals surface area contributed by atoms with Crippen molar-refractivity contribution in [3.63, 3.8) is 0 Å². The molecule has 0 aliphatic carbocycles. The van der Waals surface area contributed by atoms with Gasteiger partial charge < -0.3 is 4.98 Å². The molecule has 0 atom stereocenters. The van der Waals surface area contributed by atoms with Crippen LogP contribution >= 0.6 is 12.6 Å². The van der Waals surface area contributed by atoms with Crippen LogP contribution in [0.25, 0.3) is 0 Å². The average Bonchev–Trinajstić information content (AvgIpc) is 2.34. The number of nitrogens with one attached hydrogen (secondary N) is 1. The lowest BCUT2D eigenvalue weighted by Crippen LogP contribution is -1.81. The molecule has 0 saturated carbocycles. The lowest BCUT2D eigenvalue weighted by atomic mass is 10.4. The van der Waals surface area contributed by atoms with Gasteiger partial charge in [0.25, 0.3) is 0 Å². The molecule has 1 N–H and O–H groups in total. The lowest BCUT2D eigenvalue weighted by molar-refractivity contribution is 1.03. The van der Waals surface area contributed by atoms with E-state index in [1.165, 1.54) is 5.69 Å². The van der Waals surface area contributed by atoms with Gasteiger partial charge in [-0.15, -0.1) is 0 Å². The summed E-state index contributed by atoms with van der Waals surface area (Å²) in [4.78, 5) is 7.20. The van der Waals surface area contributed by atoms with E-state index in [4.69, 9.17) is 0 Å². The second-order valence-electron chi connectivity index (χ2n) is 1.87. The first-order valence-electron chi connectivity index (χ1n) is 3.00. The van der Waals surface area contributed by atoms with Crippen LogP contribution in [0.5, 0.6) is 0 Å². The Hall–Kier alpha value is -0.440. The molecule has 1 heterocycles. The second kappa shape index (κ2) is 2.92. The Balaban J connectivity index is 2.74. The van der Waals surface area contributed by atoms with Crippen molar-refractivity contribution in [3.05, 3.63) is 17.7 Å². The molecule has 0 unspecified atom stereocenters. The van der Waals surface area contributed by atoms with Crippen LogP contribution in [0.3, 0.4) is 0 Å². The molecule has 1 aromatic rings. The Morgan fingerprint density at radius 2 is 2.56 bits per heavy atom.